The molecule has 0 saturated heterocycles. The van der Waals surface area contributed by atoms with Crippen LogP contribution >= 0.6 is 0 Å². The molecule has 1 rings (SSSR count). The molecule has 0 saturated carbocycles. The summed E-state index contributed by atoms with van der Waals surface area (Å²) in [5.74, 6) is 0. The summed E-state index contributed by atoms with van der Waals surface area (Å²) in [6.45, 7) is 2.75. The van der Waals surface area contributed by atoms with Crippen molar-refractivity contribution in [3.05, 3.63) is 18.2 Å². The Hall–Kier alpha value is -0.870. The van der Waals surface area contributed by atoms with Gasteiger partial charge in [-0.15, -0.1) is 0 Å². The molecular weight excluding hydrogens is 176 g/mol. The molecule has 80 valence electrons. The molecule has 1 aromatic heterocycles. The fraction of sp³-hybridized carbons (Fsp3) is 0.700. The molecule has 14 heavy (non-hydrogen) atoms. The highest BCUT2D eigenvalue weighted by atomic mass is 15.1. The molecule has 0 aliphatic heterocycles. The van der Waals surface area contributed by atoms with Crippen molar-refractivity contribution in [2.45, 2.75) is 25.9 Å². The Morgan fingerprint density at radius 3 is 2.86 bits per heavy atom. The number of aryl methyl sites for hydroxylation is 1. The van der Waals surface area contributed by atoms with Gasteiger partial charge in [0.15, 0.2) is 0 Å². The molecular formula is C10H20N4. The molecule has 0 aromatic carbocycles. The largest absolute Gasteiger partial charge is 0.333 e. The standard InChI is InChI=1S/C10H20N4/c1-13(2)5-3-4-6-14-9-12-8-10(14)7-11/h8-9H,3-7,11H2,1-2H3. The zero-order chi connectivity index (χ0) is 10.4. The van der Waals surface area contributed by atoms with E-state index in [0.29, 0.717) is 6.54 Å². The molecule has 4 nitrogen and oxygen atoms in total. The zero-order valence-electron chi connectivity index (χ0n) is 9.11. The first kappa shape index (κ1) is 11.2. The van der Waals surface area contributed by atoms with Crippen LogP contribution < -0.4 is 5.73 Å². The topological polar surface area (TPSA) is 47.1 Å². The van der Waals surface area contributed by atoms with Crippen molar-refractivity contribution in [1.29, 1.82) is 0 Å². The lowest BCUT2D eigenvalue weighted by atomic mass is 10.3. The lowest BCUT2D eigenvalue weighted by molar-refractivity contribution is 0.387. The molecule has 0 amide bonds. The van der Waals surface area contributed by atoms with Gasteiger partial charge < -0.3 is 15.2 Å². The van der Waals surface area contributed by atoms with Crippen molar-refractivity contribution < 1.29 is 0 Å². The molecule has 0 radical (unpaired) electrons. The number of aromatic nitrogens is 2. The molecule has 0 fully saturated rings. The molecule has 0 unspecified atom stereocenters. The average molecular weight is 196 g/mol. The van der Waals surface area contributed by atoms with E-state index in [4.69, 9.17) is 5.73 Å². The van der Waals surface area contributed by atoms with E-state index in [1.807, 2.05) is 12.5 Å². The highest BCUT2D eigenvalue weighted by Gasteiger charge is 1.99. The van der Waals surface area contributed by atoms with Crippen LogP contribution in [0.25, 0.3) is 0 Å². The maximum Gasteiger partial charge on any atom is 0.0948 e. The SMILES string of the molecule is CN(C)CCCCn1cncc1CN. The molecule has 0 aliphatic carbocycles. The third-order valence-electron chi connectivity index (χ3n) is 2.26. The van der Waals surface area contributed by atoms with Crippen LogP contribution in [0, 0.1) is 0 Å². The van der Waals surface area contributed by atoms with Gasteiger partial charge in [0.05, 0.1) is 12.0 Å². The van der Waals surface area contributed by atoms with Crippen LogP contribution in [-0.2, 0) is 13.1 Å². The summed E-state index contributed by atoms with van der Waals surface area (Å²) in [6.07, 6.45) is 6.10. The highest BCUT2D eigenvalue weighted by Crippen LogP contribution is 2.01. The summed E-state index contributed by atoms with van der Waals surface area (Å²) in [6, 6.07) is 0. The molecule has 0 atom stereocenters. The van der Waals surface area contributed by atoms with Gasteiger partial charge in [0.2, 0.25) is 0 Å². The molecule has 0 bridgehead atoms. The van der Waals surface area contributed by atoms with Gasteiger partial charge in [-0.1, -0.05) is 0 Å². The minimum atomic E-state index is 0.577. The van der Waals surface area contributed by atoms with E-state index in [1.165, 1.54) is 12.8 Å². The number of nitrogens with zero attached hydrogens (tertiary/aromatic N) is 3. The van der Waals surface area contributed by atoms with Crippen molar-refractivity contribution in [3.63, 3.8) is 0 Å². The Morgan fingerprint density at radius 1 is 1.43 bits per heavy atom. The minimum Gasteiger partial charge on any atom is -0.333 e. The van der Waals surface area contributed by atoms with Crippen molar-refractivity contribution in [2.24, 2.45) is 5.73 Å². The highest BCUT2D eigenvalue weighted by molar-refractivity contribution is 4.96. The van der Waals surface area contributed by atoms with E-state index < -0.39 is 0 Å². The number of hydrogen-bond donors (Lipinski definition) is 1. The molecule has 1 heterocycles. The van der Waals surface area contributed by atoms with Gasteiger partial charge in [0.1, 0.15) is 0 Å². The van der Waals surface area contributed by atoms with Gasteiger partial charge in [-0.25, -0.2) is 4.98 Å². The van der Waals surface area contributed by atoms with Crippen molar-refractivity contribution in [1.82, 2.24) is 14.5 Å². The van der Waals surface area contributed by atoms with Crippen LogP contribution in [0.3, 0.4) is 0 Å². The third-order valence-corrected chi connectivity index (χ3v) is 2.26. The van der Waals surface area contributed by atoms with Crippen molar-refractivity contribution in [3.8, 4) is 0 Å². The number of unbranched alkanes of at least 4 members (excludes halogenated alkanes) is 1. The van der Waals surface area contributed by atoms with E-state index in [0.717, 1.165) is 18.8 Å². The molecule has 0 aliphatic rings. The Labute approximate surface area is 85.7 Å². The summed E-state index contributed by atoms with van der Waals surface area (Å²) < 4.78 is 2.13. The summed E-state index contributed by atoms with van der Waals surface area (Å²) in [5, 5.41) is 0. The van der Waals surface area contributed by atoms with Gasteiger partial charge in [0.25, 0.3) is 0 Å². The van der Waals surface area contributed by atoms with Crippen LogP contribution in [0.5, 0.6) is 0 Å². The van der Waals surface area contributed by atoms with Crippen LogP contribution in [0.2, 0.25) is 0 Å². The average Bonchev–Trinajstić information content (AvgIpc) is 2.59. The predicted octanol–water partition coefficient (Wildman–Crippen LogP) is 0.684. The second-order valence-electron chi connectivity index (χ2n) is 3.79. The Morgan fingerprint density at radius 2 is 2.21 bits per heavy atom. The number of hydrogen-bond acceptors (Lipinski definition) is 3. The van der Waals surface area contributed by atoms with Gasteiger partial charge in [-0.2, -0.15) is 0 Å². The van der Waals surface area contributed by atoms with E-state index in [-0.39, 0.29) is 0 Å². The van der Waals surface area contributed by atoms with Crippen LogP contribution in [0.4, 0.5) is 0 Å². The second kappa shape index (κ2) is 5.78. The lowest BCUT2D eigenvalue weighted by Gasteiger charge is -2.10. The summed E-state index contributed by atoms with van der Waals surface area (Å²) >= 11 is 0. The first-order chi connectivity index (χ1) is 6.74. The maximum atomic E-state index is 5.58. The van der Waals surface area contributed by atoms with Crippen molar-refractivity contribution >= 4 is 0 Å². The third kappa shape index (κ3) is 3.47. The van der Waals surface area contributed by atoms with Crippen LogP contribution in [0.15, 0.2) is 12.5 Å². The number of rotatable bonds is 6. The van der Waals surface area contributed by atoms with Crippen LogP contribution in [0.1, 0.15) is 18.5 Å². The normalized spacial score (nSPS) is 11.1. The number of nitrogens with two attached hydrogens (primary N) is 1. The summed E-state index contributed by atoms with van der Waals surface area (Å²) in [4.78, 5) is 6.29. The second-order valence-corrected chi connectivity index (χ2v) is 3.79. The van der Waals surface area contributed by atoms with E-state index in [2.05, 4.69) is 28.5 Å². The predicted molar refractivity (Wildman–Crippen MR) is 57.9 cm³/mol. The monoisotopic (exact) mass is 196 g/mol. The van der Waals surface area contributed by atoms with E-state index >= 15 is 0 Å². The maximum absolute atomic E-state index is 5.58. The first-order valence-electron chi connectivity index (χ1n) is 5.08. The van der Waals surface area contributed by atoms with Gasteiger partial charge >= 0.3 is 0 Å². The van der Waals surface area contributed by atoms with Crippen molar-refractivity contribution in [2.75, 3.05) is 20.6 Å². The lowest BCUT2D eigenvalue weighted by Crippen LogP contribution is -2.14. The quantitative estimate of drug-likeness (QED) is 0.681. The minimum absolute atomic E-state index is 0.577. The van der Waals surface area contributed by atoms with Gasteiger partial charge in [-0.3, -0.25) is 0 Å². The Kier molecular flexibility index (Phi) is 4.62. The zero-order valence-corrected chi connectivity index (χ0v) is 9.11. The molecule has 4 heteroatoms. The van der Waals surface area contributed by atoms with Gasteiger partial charge in [0, 0.05) is 19.3 Å². The Bertz CT molecular complexity index is 254. The smallest absolute Gasteiger partial charge is 0.0948 e. The van der Waals surface area contributed by atoms with Crippen LogP contribution in [-0.4, -0.2) is 35.1 Å². The molecule has 2 N–H and O–H groups in total. The first-order valence-corrected chi connectivity index (χ1v) is 5.08. The van der Waals surface area contributed by atoms with Gasteiger partial charge in [-0.05, 0) is 33.5 Å². The molecule has 1 aromatic rings. The number of imidazole rings is 1. The fourth-order valence-corrected chi connectivity index (χ4v) is 1.43. The Balaban J connectivity index is 2.24. The molecule has 0 spiro atoms. The summed E-state index contributed by atoms with van der Waals surface area (Å²) in [5.41, 5.74) is 6.70. The van der Waals surface area contributed by atoms with E-state index in [1.54, 1.807) is 0 Å². The van der Waals surface area contributed by atoms with E-state index in [9.17, 15) is 0 Å². The fourth-order valence-electron chi connectivity index (χ4n) is 1.43. The summed E-state index contributed by atoms with van der Waals surface area (Å²) in [7, 11) is 4.20.